The van der Waals surface area contributed by atoms with E-state index in [2.05, 4.69) is 61.1 Å². The predicted octanol–water partition coefficient (Wildman–Crippen LogP) is 2.89. The largest absolute Gasteiger partial charge is 0.379 e. The second-order valence-electron chi connectivity index (χ2n) is 6.97. The zero-order valence-electron chi connectivity index (χ0n) is 16.2. The highest BCUT2D eigenvalue weighted by atomic mass is 16.5. The number of nitrogens with one attached hydrogen (secondary N) is 1. The lowest BCUT2D eigenvalue weighted by molar-refractivity contribution is 0.00870. The molecule has 5 heteroatoms. The van der Waals surface area contributed by atoms with E-state index in [-0.39, 0.29) is 0 Å². The topological polar surface area (TPSA) is 62.9 Å². The average molecular weight is 347 g/mol. The van der Waals surface area contributed by atoms with E-state index < -0.39 is 0 Å². The van der Waals surface area contributed by atoms with Crippen LogP contribution in [0.1, 0.15) is 38.8 Å². The number of guanidine groups is 1. The van der Waals surface area contributed by atoms with Gasteiger partial charge in [-0.3, -0.25) is 9.89 Å². The van der Waals surface area contributed by atoms with Crippen molar-refractivity contribution in [3.8, 4) is 0 Å². The number of nitrogens with two attached hydrogens (primary N) is 1. The fourth-order valence-electron chi connectivity index (χ4n) is 3.42. The van der Waals surface area contributed by atoms with Crippen LogP contribution in [0, 0.1) is 5.92 Å². The summed E-state index contributed by atoms with van der Waals surface area (Å²) in [6, 6.07) is 6.82. The number of ether oxygens (including phenoxy) is 1. The van der Waals surface area contributed by atoms with Crippen LogP contribution in [0.5, 0.6) is 0 Å². The van der Waals surface area contributed by atoms with Crippen LogP contribution in [0.25, 0.3) is 0 Å². The molecule has 2 rings (SSSR count). The molecule has 5 nitrogen and oxygen atoms in total. The number of benzene rings is 1. The van der Waals surface area contributed by atoms with Crippen molar-refractivity contribution in [1.82, 2.24) is 4.90 Å². The molecule has 1 atom stereocenters. The van der Waals surface area contributed by atoms with Crippen molar-refractivity contribution < 1.29 is 4.74 Å². The van der Waals surface area contributed by atoms with Crippen molar-refractivity contribution in [2.75, 3.05) is 38.2 Å². The summed E-state index contributed by atoms with van der Waals surface area (Å²) in [7, 11) is 0. The van der Waals surface area contributed by atoms with Crippen LogP contribution >= 0.6 is 0 Å². The number of para-hydroxylation sites is 1. The Morgan fingerprint density at radius 3 is 2.32 bits per heavy atom. The molecule has 1 aromatic rings. The Balaban J connectivity index is 2.07. The maximum atomic E-state index is 6.23. The number of anilines is 1. The summed E-state index contributed by atoms with van der Waals surface area (Å²) in [5.74, 6) is 1.04. The van der Waals surface area contributed by atoms with Crippen molar-refractivity contribution in [1.29, 1.82) is 0 Å². The Hall–Kier alpha value is -1.59. The van der Waals surface area contributed by atoms with Crippen LogP contribution in [-0.4, -0.2) is 49.7 Å². The average Bonchev–Trinajstić information content (AvgIpc) is 2.62. The minimum absolute atomic E-state index is 0.399. The first-order chi connectivity index (χ1) is 12.1. The molecule has 0 radical (unpaired) electrons. The lowest BCUT2D eigenvalue weighted by Gasteiger charge is -2.36. The molecule has 1 saturated heterocycles. The van der Waals surface area contributed by atoms with Gasteiger partial charge in [-0.25, -0.2) is 0 Å². The van der Waals surface area contributed by atoms with Gasteiger partial charge in [-0.2, -0.15) is 0 Å². The maximum Gasteiger partial charge on any atom is 0.193 e. The first-order valence-electron chi connectivity index (χ1n) is 9.56. The lowest BCUT2D eigenvalue weighted by Crippen LogP contribution is -2.47. The van der Waals surface area contributed by atoms with Crippen molar-refractivity contribution >= 4 is 11.6 Å². The summed E-state index contributed by atoms with van der Waals surface area (Å²) in [6.45, 7) is 13.1. The lowest BCUT2D eigenvalue weighted by atomic mass is 10.0. The van der Waals surface area contributed by atoms with Crippen LogP contribution in [0.2, 0.25) is 0 Å². The molecule has 0 aromatic heterocycles. The Kier molecular flexibility index (Phi) is 7.72. The second-order valence-corrected chi connectivity index (χ2v) is 6.97. The van der Waals surface area contributed by atoms with Gasteiger partial charge in [0.1, 0.15) is 0 Å². The third kappa shape index (κ3) is 5.44. The van der Waals surface area contributed by atoms with Gasteiger partial charge < -0.3 is 15.8 Å². The van der Waals surface area contributed by atoms with E-state index in [4.69, 9.17) is 10.5 Å². The van der Waals surface area contributed by atoms with E-state index in [1.165, 1.54) is 11.1 Å². The number of hydrogen-bond acceptors (Lipinski definition) is 3. The molecule has 3 N–H and O–H groups in total. The Morgan fingerprint density at radius 1 is 1.20 bits per heavy atom. The van der Waals surface area contributed by atoms with Gasteiger partial charge in [-0.05, 0) is 29.9 Å². The fraction of sp³-hybridized carbons (Fsp3) is 0.650. The standard InChI is InChI=1S/C20H34N4O/c1-5-16-8-7-9-17(6-2)19(16)23-20(21)22-14-18(15(3)4)24-10-12-25-13-11-24/h7-9,15,18H,5-6,10-14H2,1-4H3,(H3,21,22,23). The molecular formula is C20H34N4O. The monoisotopic (exact) mass is 346 g/mol. The van der Waals surface area contributed by atoms with Crippen molar-refractivity contribution in [2.24, 2.45) is 16.6 Å². The molecule has 0 amide bonds. The third-order valence-electron chi connectivity index (χ3n) is 4.98. The predicted molar refractivity (Wildman–Crippen MR) is 106 cm³/mol. The molecule has 0 bridgehead atoms. The molecule has 1 aromatic carbocycles. The zero-order valence-corrected chi connectivity index (χ0v) is 16.2. The van der Waals surface area contributed by atoms with Crippen LogP contribution < -0.4 is 11.1 Å². The zero-order chi connectivity index (χ0) is 18.2. The minimum atomic E-state index is 0.399. The molecule has 1 aliphatic heterocycles. The molecule has 25 heavy (non-hydrogen) atoms. The summed E-state index contributed by atoms with van der Waals surface area (Å²) < 4.78 is 5.47. The van der Waals surface area contributed by atoms with Crippen molar-refractivity contribution in [3.05, 3.63) is 29.3 Å². The van der Waals surface area contributed by atoms with E-state index in [1.807, 2.05) is 0 Å². The highest BCUT2D eigenvalue weighted by molar-refractivity contribution is 5.93. The minimum Gasteiger partial charge on any atom is -0.379 e. The molecular weight excluding hydrogens is 312 g/mol. The summed E-state index contributed by atoms with van der Waals surface area (Å²) in [5.41, 5.74) is 9.92. The third-order valence-corrected chi connectivity index (χ3v) is 4.98. The van der Waals surface area contributed by atoms with Crippen LogP contribution in [-0.2, 0) is 17.6 Å². The highest BCUT2D eigenvalue weighted by Crippen LogP contribution is 2.22. The van der Waals surface area contributed by atoms with E-state index in [0.29, 0.717) is 24.5 Å². The number of rotatable bonds is 7. The smallest absolute Gasteiger partial charge is 0.193 e. The molecule has 1 aliphatic rings. The maximum absolute atomic E-state index is 6.23. The normalized spacial score (nSPS) is 17.7. The molecule has 0 aliphatic carbocycles. The Labute approximate surface area is 152 Å². The highest BCUT2D eigenvalue weighted by Gasteiger charge is 2.23. The number of morpholine rings is 1. The number of hydrogen-bond donors (Lipinski definition) is 2. The molecule has 1 heterocycles. The summed E-state index contributed by atoms with van der Waals surface area (Å²) in [6.07, 6.45) is 1.96. The van der Waals surface area contributed by atoms with E-state index in [0.717, 1.165) is 44.8 Å². The summed E-state index contributed by atoms with van der Waals surface area (Å²) in [4.78, 5) is 7.14. The van der Waals surface area contributed by atoms with Gasteiger partial charge in [0.2, 0.25) is 0 Å². The Bertz CT molecular complexity index is 543. The SMILES string of the molecule is CCc1cccc(CC)c1NC(N)=NCC(C(C)C)N1CCOCC1. The van der Waals surface area contributed by atoms with Crippen LogP contribution in [0.3, 0.4) is 0 Å². The van der Waals surface area contributed by atoms with E-state index >= 15 is 0 Å². The number of nitrogens with zero attached hydrogens (tertiary/aromatic N) is 2. The molecule has 1 fully saturated rings. The van der Waals surface area contributed by atoms with Gasteiger partial charge in [0.05, 0.1) is 19.8 Å². The van der Waals surface area contributed by atoms with Crippen molar-refractivity contribution in [2.45, 2.75) is 46.6 Å². The fourth-order valence-corrected chi connectivity index (χ4v) is 3.42. The van der Waals surface area contributed by atoms with Gasteiger partial charge in [0, 0.05) is 24.8 Å². The first-order valence-corrected chi connectivity index (χ1v) is 9.56. The molecule has 0 saturated carbocycles. The molecule has 140 valence electrons. The van der Waals surface area contributed by atoms with Gasteiger partial charge in [0.25, 0.3) is 0 Å². The van der Waals surface area contributed by atoms with Crippen LogP contribution in [0.15, 0.2) is 23.2 Å². The quantitative estimate of drug-likeness (QED) is 0.589. The van der Waals surface area contributed by atoms with Gasteiger partial charge in [0.15, 0.2) is 5.96 Å². The number of aliphatic imine (C=N–C) groups is 1. The van der Waals surface area contributed by atoms with E-state index in [9.17, 15) is 0 Å². The van der Waals surface area contributed by atoms with Crippen molar-refractivity contribution in [3.63, 3.8) is 0 Å². The summed E-state index contributed by atoms with van der Waals surface area (Å²) >= 11 is 0. The van der Waals surface area contributed by atoms with Gasteiger partial charge in [-0.15, -0.1) is 0 Å². The van der Waals surface area contributed by atoms with E-state index in [1.54, 1.807) is 0 Å². The van der Waals surface area contributed by atoms with Crippen LogP contribution in [0.4, 0.5) is 5.69 Å². The van der Waals surface area contributed by atoms with Gasteiger partial charge in [-0.1, -0.05) is 45.9 Å². The first kappa shape index (κ1) is 19.7. The molecule has 1 unspecified atom stereocenters. The Morgan fingerprint density at radius 2 is 1.80 bits per heavy atom. The van der Waals surface area contributed by atoms with Gasteiger partial charge >= 0.3 is 0 Å². The second kappa shape index (κ2) is 9.78. The number of aryl methyl sites for hydroxylation is 2. The molecule has 0 spiro atoms. The summed E-state index contributed by atoms with van der Waals surface area (Å²) in [5, 5.41) is 3.36.